The van der Waals surface area contributed by atoms with Crippen LogP contribution < -0.4 is 10.1 Å². The van der Waals surface area contributed by atoms with Crippen molar-refractivity contribution in [2.75, 3.05) is 19.7 Å². The Morgan fingerprint density at radius 1 is 1.15 bits per heavy atom. The molecular formula is C28H32F3IN2O5. The minimum atomic E-state index is -4.54. The Morgan fingerprint density at radius 3 is 2.41 bits per heavy atom. The van der Waals surface area contributed by atoms with Gasteiger partial charge in [-0.1, -0.05) is 26.0 Å². The molecule has 0 radical (unpaired) electrons. The van der Waals surface area contributed by atoms with E-state index >= 15 is 0 Å². The molecular weight excluding hydrogens is 628 g/mol. The lowest BCUT2D eigenvalue weighted by atomic mass is 9.87. The maximum Gasteiger partial charge on any atom is 0.416 e. The molecule has 2 aromatic carbocycles. The van der Waals surface area contributed by atoms with Gasteiger partial charge in [-0.2, -0.15) is 13.2 Å². The highest BCUT2D eigenvalue weighted by Gasteiger charge is 2.41. The number of nitrogens with one attached hydrogen (secondary N) is 1. The van der Waals surface area contributed by atoms with Gasteiger partial charge in [-0.25, -0.2) is 0 Å². The lowest BCUT2D eigenvalue weighted by Gasteiger charge is -2.41. The summed E-state index contributed by atoms with van der Waals surface area (Å²) in [5.74, 6) is -0.354. The van der Waals surface area contributed by atoms with Crippen LogP contribution in [0.25, 0.3) is 0 Å². The number of aliphatic hydroxyl groups excluding tert-OH is 2. The molecule has 0 spiro atoms. The van der Waals surface area contributed by atoms with E-state index < -0.39 is 41.8 Å². The molecule has 2 aromatic rings. The summed E-state index contributed by atoms with van der Waals surface area (Å²) in [7, 11) is 0. The Hall–Kier alpha value is -2.64. The van der Waals surface area contributed by atoms with E-state index in [9.17, 15) is 27.9 Å². The van der Waals surface area contributed by atoms with Crippen LogP contribution in [0.1, 0.15) is 42.6 Å². The highest BCUT2D eigenvalue weighted by Crippen LogP contribution is 2.32. The number of rotatable bonds is 10. The molecule has 1 aliphatic rings. The fourth-order valence-electron chi connectivity index (χ4n) is 4.25. The number of carbonyl (C=O) groups is 2. The summed E-state index contributed by atoms with van der Waals surface area (Å²) < 4.78 is 46.1. The fraction of sp³-hybridized carbons (Fsp3) is 0.429. The third-order valence-electron chi connectivity index (χ3n) is 6.38. The van der Waals surface area contributed by atoms with Crippen molar-refractivity contribution < 1.29 is 37.7 Å². The molecule has 3 atom stereocenters. The maximum atomic E-state index is 13.7. The van der Waals surface area contributed by atoms with Crippen LogP contribution in [0.2, 0.25) is 0 Å². The van der Waals surface area contributed by atoms with Gasteiger partial charge in [-0.05, 0) is 77.4 Å². The van der Waals surface area contributed by atoms with E-state index in [2.05, 4.69) is 27.9 Å². The molecule has 39 heavy (non-hydrogen) atoms. The zero-order chi connectivity index (χ0) is 28.7. The number of benzene rings is 2. The van der Waals surface area contributed by atoms with Gasteiger partial charge in [0.2, 0.25) is 5.91 Å². The normalized spacial score (nSPS) is 19.4. The third-order valence-corrected chi connectivity index (χ3v) is 7.27. The first-order valence-electron chi connectivity index (χ1n) is 12.6. The SMILES string of the molecule is CC(C)CCN(C(=O)c1ccc(C(F)(F)F)cc1)C1CC(C(=O)NCCO)=CC(Oc2ccccc2I)C1O. The van der Waals surface area contributed by atoms with E-state index in [1.165, 1.54) is 11.0 Å². The number of aliphatic hydroxyl groups is 2. The van der Waals surface area contributed by atoms with Crippen molar-refractivity contribution in [3.8, 4) is 5.75 Å². The van der Waals surface area contributed by atoms with Crippen molar-refractivity contribution in [1.29, 1.82) is 0 Å². The van der Waals surface area contributed by atoms with Crippen molar-refractivity contribution in [2.45, 2.75) is 51.1 Å². The number of halogens is 4. The summed E-state index contributed by atoms with van der Waals surface area (Å²) in [5.41, 5.74) is -0.568. The standard InChI is InChI=1S/C28H32F3IN2O5/c1-17(2)11-13-34(27(38)18-7-9-20(10-8-18)28(29,30)31)22-15-19(26(37)33-12-14-35)16-24(25(22)36)39-23-6-4-3-5-21(23)32/h3-10,16-17,22,24-25,35-36H,11-15H2,1-2H3,(H,33,37). The van der Waals surface area contributed by atoms with Gasteiger partial charge >= 0.3 is 6.18 Å². The van der Waals surface area contributed by atoms with Crippen molar-refractivity contribution in [3.05, 3.63) is 74.9 Å². The van der Waals surface area contributed by atoms with Crippen molar-refractivity contribution in [1.82, 2.24) is 10.2 Å². The fourth-order valence-corrected chi connectivity index (χ4v) is 4.76. The summed E-state index contributed by atoms with van der Waals surface area (Å²) in [6, 6.07) is 10.2. The molecule has 0 fully saturated rings. The summed E-state index contributed by atoms with van der Waals surface area (Å²) in [5, 5.41) is 23.2. The van der Waals surface area contributed by atoms with E-state index in [0.29, 0.717) is 12.2 Å². The Morgan fingerprint density at radius 2 is 1.82 bits per heavy atom. The maximum absolute atomic E-state index is 13.7. The van der Waals surface area contributed by atoms with E-state index in [0.717, 1.165) is 27.8 Å². The van der Waals surface area contributed by atoms with Gasteiger partial charge in [0.25, 0.3) is 5.91 Å². The predicted octanol–water partition coefficient (Wildman–Crippen LogP) is 4.41. The van der Waals surface area contributed by atoms with Crippen LogP contribution in [-0.2, 0) is 11.0 Å². The molecule has 11 heteroatoms. The second-order valence-corrected chi connectivity index (χ2v) is 10.9. The molecule has 3 unspecified atom stereocenters. The Labute approximate surface area is 239 Å². The number of amides is 2. The molecule has 2 amide bonds. The van der Waals surface area contributed by atoms with Gasteiger partial charge in [0.15, 0.2) is 0 Å². The highest BCUT2D eigenvalue weighted by molar-refractivity contribution is 14.1. The number of hydrogen-bond donors (Lipinski definition) is 3. The van der Waals surface area contributed by atoms with Crippen LogP contribution in [-0.4, -0.2) is 64.9 Å². The number of carbonyl (C=O) groups excluding carboxylic acids is 2. The smallest absolute Gasteiger partial charge is 0.416 e. The van der Waals surface area contributed by atoms with Crippen molar-refractivity contribution in [3.63, 3.8) is 0 Å². The second-order valence-electron chi connectivity index (χ2n) is 9.70. The largest absolute Gasteiger partial charge is 0.482 e. The first kappa shape index (κ1) is 30.9. The van der Waals surface area contributed by atoms with E-state index in [4.69, 9.17) is 9.84 Å². The first-order valence-corrected chi connectivity index (χ1v) is 13.7. The van der Waals surface area contributed by atoms with Gasteiger partial charge in [-0.3, -0.25) is 9.59 Å². The van der Waals surface area contributed by atoms with Gasteiger partial charge in [0.1, 0.15) is 18.0 Å². The molecule has 0 aliphatic heterocycles. The van der Waals surface area contributed by atoms with Crippen LogP contribution in [0.15, 0.2) is 60.2 Å². The van der Waals surface area contributed by atoms with E-state index in [1.807, 2.05) is 26.0 Å². The third kappa shape index (κ3) is 8.18. The molecule has 0 aromatic heterocycles. The quantitative estimate of drug-likeness (QED) is 0.328. The minimum absolute atomic E-state index is 0.00532. The van der Waals surface area contributed by atoms with E-state index in [-0.39, 0.29) is 43.2 Å². The van der Waals surface area contributed by atoms with Crippen LogP contribution in [0, 0.1) is 9.49 Å². The Balaban J connectivity index is 1.99. The first-order chi connectivity index (χ1) is 18.4. The summed E-state index contributed by atoms with van der Waals surface area (Å²) >= 11 is 2.09. The van der Waals surface area contributed by atoms with Crippen LogP contribution >= 0.6 is 22.6 Å². The Kier molecular flexibility index (Phi) is 10.8. The molecule has 7 nitrogen and oxygen atoms in total. The second kappa shape index (κ2) is 13.6. The summed E-state index contributed by atoms with van der Waals surface area (Å²) in [6.45, 7) is 3.90. The topological polar surface area (TPSA) is 99.1 Å². The number of nitrogens with zero attached hydrogens (tertiary/aromatic N) is 1. The molecule has 1 aliphatic carbocycles. The molecule has 3 rings (SSSR count). The molecule has 0 saturated heterocycles. The zero-order valence-electron chi connectivity index (χ0n) is 21.6. The number of para-hydroxylation sites is 1. The highest BCUT2D eigenvalue weighted by atomic mass is 127. The molecule has 212 valence electrons. The van der Waals surface area contributed by atoms with Crippen LogP contribution in [0.5, 0.6) is 5.75 Å². The summed E-state index contributed by atoms with van der Waals surface area (Å²) in [4.78, 5) is 28.0. The Bertz CT molecular complexity index is 1170. The summed E-state index contributed by atoms with van der Waals surface area (Å²) in [6.07, 6.45) is -4.69. The van der Waals surface area contributed by atoms with Crippen molar-refractivity contribution in [2.24, 2.45) is 5.92 Å². The van der Waals surface area contributed by atoms with Gasteiger partial charge < -0.3 is 25.2 Å². The average Bonchev–Trinajstić information content (AvgIpc) is 2.89. The lowest BCUT2D eigenvalue weighted by Crippen LogP contribution is -2.55. The molecule has 0 saturated carbocycles. The van der Waals surface area contributed by atoms with Gasteiger partial charge in [0, 0.05) is 30.6 Å². The molecule has 0 heterocycles. The number of ether oxygens (including phenoxy) is 1. The van der Waals surface area contributed by atoms with Gasteiger partial charge in [0.05, 0.1) is 21.8 Å². The van der Waals surface area contributed by atoms with Crippen LogP contribution in [0.3, 0.4) is 0 Å². The monoisotopic (exact) mass is 660 g/mol. The van der Waals surface area contributed by atoms with Crippen LogP contribution in [0.4, 0.5) is 13.2 Å². The molecule has 0 bridgehead atoms. The lowest BCUT2D eigenvalue weighted by molar-refractivity contribution is -0.137. The molecule has 3 N–H and O–H groups in total. The predicted molar refractivity (Wildman–Crippen MR) is 148 cm³/mol. The number of hydrogen-bond acceptors (Lipinski definition) is 5. The zero-order valence-corrected chi connectivity index (χ0v) is 23.8. The van der Waals surface area contributed by atoms with Crippen molar-refractivity contribution >= 4 is 34.4 Å². The van der Waals surface area contributed by atoms with E-state index in [1.54, 1.807) is 12.1 Å². The number of alkyl halides is 3. The van der Waals surface area contributed by atoms with Gasteiger partial charge in [-0.15, -0.1) is 0 Å². The minimum Gasteiger partial charge on any atom is -0.482 e. The average molecular weight is 660 g/mol.